The van der Waals surface area contributed by atoms with E-state index >= 15 is 0 Å². The van der Waals surface area contributed by atoms with Gasteiger partial charge >= 0.3 is 0 Å². The molecule has 1 aromatic heterocycles. The summed E-state index contributed by atoms with van der Waals surface area (Å²) in [4.78, 5) is 21.2. The van der Waals surface area contributed by atoms with Crippen LogP contribution < -0.4 is 9.80 Å². The smallest absolute Gasteiger partial charge is 0.260 e. The standard InChI is InChI=1S/C22H24FN3O2S/c1-16-3-8-19-20(15-16)29-22(24-19)26(10-2-9-25-11-13-28-14-12-25)21(27)17-4-6-18(23)7-5-17/h3-8,15H,2,9-14H2,1H3/p+1. The Morgan fingerprint density at radius 1 is 1.21 bits per heavy atom. The molecule has 1 saturated heterocycles. The van der Waals surface area contributed by atoms with E-state index in [2.05, 4.69) is 6.07 Å². The number of aryl methyl sites for hydroxylation is 1. The fraction of sp³-hybridized carbons (Fsp3) is 0.364. The number of thiazole rings is 1. The maximum atomic E-state index is 13.3. The third kappa shape index (κ3) is 4.80. The molecule has 1 aliphatic rings. The van der Waals surface area contributed by atoms with Gasteiger partial charge in [-0.1, -0.05) is 17.4 Å². The first-order valence-electron chi connectivity index (χ1n) is 9.96. The largest absolute Gasteiger partial charge is 0.370 e. The Morgan fingerprint density at radius 2 is 1.97 bits per heavy atom. The van der Waals surface area contributed by atoms with E-state index in [0.29, 0.717) is 17.2 Å². The van der Waals surface area contributed by atoms with Crippen LogP contribution >= 0.6 is 11.3 Å². The number of amides is 1. The van der Waals surface area contributed by atoms with Gasteiger partial charge in [-0.05, 0) is 48.9 Å². The molecule has 7 heteroatoms. The number of morpholine rings is 1. The number of carbonyl (C=O) groups is 1. The van der Waals surface area contributed by atoms with Crippen molar-refractivity contribution < 1.29 is 18.8 Å². The number of fused-ring (bicyclic) bond motifs is 1. The number of rotatable bonds is 6. The van der Waals surface area contributed by atoms with Crippen molar-refractivity contribution in [2.24, 2.45) is 0 Å². The molecule has 0 bridgehead atoms. The lowest BCUT2D eigenvalue weighted by molar-refractivity contribution is -0.908. The SMILES string of the molecule is Cc1ccc2nc(N(CCC[NH+]3CCOCC3)C(=O)c3ccc(F)cc3)sc2c1. The van der Waals surface area contributed by atoms with Gasteiger partial charge in [-0.2, -0.15) is 0 Å². The summed E-state index contributed by atoms with van der Waals surface area (Å²) in [5.74, 6) is -0.489. The van der Waals surface area contributed by atoms with Crippen LogP contribution in [0.1, 0.15) is 22.3 Å². The molecule has 0 saturated carbocycles. The van der Waals surface area contributed by atoms with Gasteiger partial charge in [0.2, 0.25) is 0 Å². The fourth-order valence-corrected chi connectivity index (χ4v) is 4.65. The number of hydrogen-bond acceptors (Lipinski definition) is 4. The summed E-state index contributed by atoms with van der Waals surface area (Å²) in [7, 11) is 0. The number of hydrogen-bond donors (Lipinski definition) is 1. The van der Waals surface area contributed by atoms with Crippen molar-refractivity contribution >= 4 is 32.6 Å². The summed E-state index contributed by atoms with van der Waals surface area (Å²) in [6, 6.07) is 11.8. The molecule has 0 aliphatic carbocycles. The molecule has 1 aliphatic heterocycles. The first-order chi connectivity index (χ1) is 14.1. The van der Waals surface area contributed by atoms with Crippen LogP contribution in [-0.2, 0) is 4.74 Å². The highest BCUT2D eigenvalue weighted by Gasteiger charge is 2.22. The molecule has 0 atom stereocenters. The lowest BCUT2D eigenvalue weighted by atomic mass is 10.2. The van der Waals surface area contributed by atoms with Crippen molar-refractivity contribution in [2.45, 2.75) is 13.3 Å². The Hall–Kier alpha value is -2.35. The molecule has 152 valence electrons. The van der Waals surface area contributed by atoms with Gasteiger partial charge in [0.05, 0.1) is 30.0 Å². The maximum absolute atomic E-state index is 13.3. The van der Waals surface area contributed by atoms with Crippen molar-refractivity contribution in [1.82, 2.24) is 4.98 Å². The number of carbonyl (C=O) groups excluding carboxylic acids is 1. The zero-order valence-corrected chi connectivity index (χ0v) is 17.3. The normalized spacial score (nSPS) is 15.0. The lowest BCUT2D eigenvalue weighted by Crippen LogP contribution is -3.14. The predicted molar refractivity (Wildman–Crippen MR) is 113 cm³/mol. The molecule has 0 radical (unpaired) electrons. The van der Waals surface area contributed by atoms with E-state index < -0.39 is 0 Å². The Labute approximate surface area is 173 Å². The van der Waals surface area contributed by atoms with Gasteiger partial charge in [0.25, 0.3) is 5.91 Å². The molecule has 1 amide bonds. The van der Waals surface area contributed by atoms with E-state index in [1.165, 1.54) is 46.1 Å². The summed E-state index contributed by atoms with van der Waals surface area (Å²) < 4.78 is 19.8. The molecule has 0 unspecified atom stereocenters. The minimum absolute atomic E-state index is 0.141. The molecule has 1 fully saturated rings. The van der Waals surface area contributed by atoms with Crippen LogP contribution in [0.5, 0.6) is 0 Å². The molecular formula is C22H25FN3O2S+. The van der Waals surface area contributed by atoms with Crippen molar-refractivity contribution in [3.05, 3.63) is 59.4 Å². The van der Waals surface area contributed by atoms with Crippen molar-refractivity contribution in [2.75, 3.05) is 44.3 Å². The van der Waals surface area contributed by atoms with Crippen LogP contribution in [0.25, 0.3) is 10.2 Å². The average Bonchev–Trinajstić information content (AvgIpc) is 3.15. The fourth-order valence-electron chi connectivity index (χ4n) is 3.56. The maximum Gasteiger partial charge on any atom is 0.260 e. The topological polar surface area (TPSA) is 46.9 Å². The Bertz CT molecular complexity index is 983. The number of anilines is 1. The number of halogens is 1. The van der Waals surface area contributed by atoms with Gasteiger partial charge in [-0.25, -0.2) is 9.37 Å². The van der Waals surface area contributed by atoms with Gasteiger partial charge < -0.3 is 9.64 Å². The second-order valence-electron chi connectivity index (χ2n) is 7.40. The van der Waals surface area contributed by atoms with E-state index in [1.54, 1.807) is 4.90 Å². The highest BCUT2D eigenvalue weighted by molar-refractivity contribution is 7.22. The van der Waals surface area contributed by atoms with Gasteiger partial charge in [-0.15, -0.1) is 0 Å². The first-order valence-corrected chi connectivity index (χ1v) is 10.8. The monoisotopic (exact) mass is 414 g/mol. The van der Waals surface area contributed by atoms with Crippen LogP contribution in [0.3, 0.4) is 0 Å². The zero-order chi connectivity index (χ0) is 20.2. The number of ether oxygens (including phenoxy) is 1. The van der Waals surface area contributed by atoms with Crippen LogP contribution in [0, 0.1) is 12.7 Å². The summed E-state index contributed by atoms with van der Waals surface area (Å²) in [6.45, 7) is 7.22. The van der Waals surface area contributed by atoms with E-state index in [4.69, 9.17) is 9.72 Å². The molecular weight excluding hydrogens is 389 g/mol. The lowest BCUT2D eigenvalue weighted by Gasteiger charge is -2.25. The second kappa shape index (κ2) is 8.98. The highest BCUT2D eigenvalue weighted by Crippen LogP contribution is 2.30. The quantitative estimate of drug-likeness (QED) is 0.675. The molecule has 0 spiro atoms. The summed E-state index contributed by atoms with van der Waals surface area (Å²) >= 11 is 1.52. The Kier molecular flexibility index (Phi) is 6.18. The summed E-state index contributed by atoms with van der Waals surface area (Å²) in [5.41, 5.74) is 2.53. The van der Waals surface area contributed by atoms with Crippen LogP contribution in [-0.4, -0.2) is 50.3 Å². The number of aromatic nitrogens is 1. The number of quaternary nitrogens is 1. The summed E-state index contributed by atoms with van der Waals surface area (Å²) in [6.07, 6.45) is 0.872. The minimum Gasteiger partial charge on any atom is -0.370 e. The molecule has 4 rings (SSSR count). The zero-order valence-electron chi connectivity index (χ0n) is 16.5. The summed E-state index contributed by atoms with van der Waals surface area (Å²) in [5, 5.41) is 0.692. The Morgan fingerprint density at radius 3 is 2.72 bits per heavy atom. The second-order valence-corrected chi connectivity index (χ2v) is 8.41. The molecule has 29 heavy (non-hydrogen) atoms. The molecule has 2 heterocycles. The van der Waals surface area contributed by atoms with Crippen LogP contribution in [0.15, 0.2) is 42.5 Å². The highest BCUT2D eigenvalue weighted by atomic mass is 32.1. The molecule has 5 nitrogen and oxygen atoms in total. The molecule has 1 N–H and O–H groups in total. The number of nitrogens with zero attached hydrogens (tertiary/aromatic N) is 2. The van der Waals surface area contributed by atoms with Gasteiger partial charge in [0.15, 0.2) is 5.13 Å². The van der Waals surface area contributed by atoms with Crippen LogP contribution in [0.2, 0.25) is 0 Å². The number of nitrogens with one attached hydrogen (secondary N) is 1. The number of benzene rings is 2. The minimum atomic E-state index is -0.348. The first kappa shape index (κ1) is 19.9. The van der Waals surface area contributed by atoms with Gasteiger partial charge in [-0.3, -0.25) is 9.69 Å². The molecule has 2 aromatic carbocycles. The van der Waals surface area contributed by atoms with Crippen molar-refractivity contribution in [3.63, 3.8) is 0 Å². The van der Waals surface area contributed by atoms with Crippen molar-refractivity contribution in [3.8, 4) is 0 Å². The van der Waals surface area contributed by atoms with E-state index in [-0.39, 0.29) is 11.7 Å². The van der Waals surface area contributed by atoms with Gasteiger partial charge in [0, 0.05) is 18.5 Å². The third-order valence-corrected chi connectivity index (χ3v) is 6.25. The van der Waals surface area contributed by atoms with E-state index in [1.807, 2.05) is 19.1 Å². The van der Waals surface area contributed by atoms with E-state index in [9.17, 15) is 9.18 Å². The predicted octanol–water partition coefficient (Wildman–Crippen LogP) is 2.70. The van der Waals surface area contributed by atoms with E-state index in [0.717, 1.165) is 49.5 Å². The average molecular weight is 415 g/mol. The molecule has 3 aromatic rings. The van der Waals surface area contributed by atoms with Crippen molar-refractivity contribution in [1.29, 1.82) is 0 Å². The van der Waals surface area contributed by atoms with Crippen LogP contribution in [0.4, 0.5) is 9.52 Å². The third-order valence-electron chi connectivity index (χ3n) is 5.21. The Balaban J connectivity index is 1.56. The van der Waals surface area contributed by atoms with Gasteiger partial charge in [0.1, 0.15) is 18.9 Å².